The van der Waals surface area contributed by atoms with E-state index in [0.29, 0.717) is 17.0 Å². The van der Waals surface area contributed by atoms with Gasteiger partial charge in [-0.25, -0.2) is 10.0 Å². The molecule has 0 radical (unpaired) electrons. The van der Waals surface area contributed by atoms with Crippen molar-refractivity contribution in [1.82, 2.24) is 20.2 Å². The molecule has 15 heavy (non-hydrogen) atoms. The van der Waals surface area contributed by atoms with E-state index < -0.39 is 0 Å². The van der Waals surface area contributed by atoms with E-state index >= 15 is 0 Å². The highest BCUT2D eigenvalue weighted by molar-refractivity contribution is 8.77. The summed E-state index contributed by atoms with van der Waals surface area (Å²) in [5, 5.41) is 8.42. The first-order valence-electron chi connectivity index (χ1n) is 5.33. The second-order valence-electron chi connectivity index (χ2n) is 4.40. The van der Waals surface area contributed by atoms with Gasteiger partial charge in [-0.3, -0.25) is 10.2 Å². The number of hydrogen-bond donors (Lipinski definition) is 1. The molecule has 6 heteroatoms. The zero-order valence-corrected chi connectivity index (χ0v) is 11.4. The average Bonchev–Trinajstić information content (AvgIpc) is 2.76. The fourth-order valence-electron chi connectivity index (χ4n) is 1.85. The molecular weight excluding hydrogens is 228 g/mol. The lowest BCUT2D eigenvalue weighted by Crippen LogP contribution is -2.50. The molecule has 0 aromatic heterocycles. The molecule has 4 nitrogen and oxygen atoms in total. The fourth-order valence-corrected chi connectivity index (χ4v) is 4.82. The number of nitrogens with zero attached hydrogens (tertiary/aromatic N) is 3. The number of hydrazine groups is 1. The SMILES string of the molecule is CC1CCN(C2NC(N(C)C)SS2)N1C. The third kappa shape index (κ3) is 2.45. The van der Waals surface area contributed by atoms with Gasteiger partial charge in [0.1, 0.15) is 11.0 Å². The highest BCUT2D eigenvalue weighted by Gasteiger charge is 2.37. The van der Waals surface area contributed by atoms with Gasteiger partial charge in [0.05, 0.1) is 0 Å². The molecule has 0 amide bonds. The van der Waals surface area contributed by atoms with Gasteiger partial charge >= 0.3 is 0 Å². The highest BCUT2D eigenvalue weighted by atomic mass is 33.1. The Labute approximate surface area is 100 Å². The standard InChI is InChI=1S/C9H20N4S2/c1-7-5-6-13(12(7)4)9-10-8(11(2)3)14-15-9/h7-10H,5-6H2,1-4H3. The van der Waals surface area contributed by atoms with Crippen LogP contribution in [0.5, 0.6) is 0 Å². The van der Waals surface area contributed by atoms with Gasteiger partial charge in [0.25, 0.3) is 0 Å². The second-order valence-corrected chi connectivity index (χ2v) is 6.83. The van der Waals surface area contributed by atoms with Gasteiger partial charge in [0.2, 0.25) is 0 Å². The molecule has 2 aliphatic rings. The molecule has 88 valence electrons. The van der Waals surface area contributed by atoms with Crippen molar-refractivity contribution < 1.29 is 0 Å². The fraction of sp³-hybridized carbons (Fsp3) is 1.00. The quantitative estimate of drug-likeness (QED) is 0.732. The summed E-state index contributed by atoms with van der Waals surface area (Å²) in [6, 6.07) is 0.677. The molecule has 2 heterocycles. The number of hydrogen-bond acceptors (Lipinski definition) is 6. The smallest absolute Gasteiger partial charge is 0.133 e. The molecule has 0 aromatic carbocycles. The van der Waals surface area contributed by atoms with Crippen LogP contribution >= 0.6 is 21.6 Å². The lowest BCUT2D eigenvalue weighted by Gasteiger charge is -2.31. The largest absolute Gasteiger partial charge is 0.285 e. The predicted molar refractivity (Wildman–Crippen MR) is 68.1 cm³/mol. The Morgan fingerprint density at radius 3 is 2.53 bits per heavy atom. The number of rotatable bonds is 2. The summed E-state index contributed by atoms with van der Waals surface area (Å²) >= 11 is 0. The first-order valence-corrected chi connectivity index (χ1v) is 7.61. The van der Waals surface area contributed by atoms with E-state index in [0.717, 1.165) is 0 Å². The van der Waals surface area contributed by atoms with E-state index in [1.165, 1.54) is 13.0 Å². The third-order valence-corrected chi connectivity index (χ3v) is 5.92. The Balaban J connectivity index is 1.91. The molecule has 2 fully saturated rings. The molecule has 2 saturated heterocycles. The van der Waals surface area contributed by atoms with Crippen molar-refractivity contribution in [1.29, 1.82) is 0 Å². The molecule has 0 aromatic rings. The minimum Gasteiger partial charge on any atom is -0.285 e. The van der Waals surface area contributed by atoms with E-state index in [1.54, 1.807) is 0 Å². The Kier molecular flexibility index (Phi) is 3.85. The minimum atomic E-state index is 0.428. The highest BCUT2D eigenvalue weighted by Crippen LogP contribution is 2.40. The van der Waals surface area contributed by atoms with Crippen molar-refractivity contribution in [3.63, 3.8) is 0 Å². The summed E-state index contributed by atoms with van der Waals surface area (Å²) in [7, 11) is 10.3. The molecule has 1 N–H and O–H groups in total. The maximum atomic E-state index is 3.62. The zero-order chi connectivity index (χ0) is 11.0. The van der Waals surface area contributed by atoms with Crippen LogP contribution in [0, 0.1) is 0 Å². The van der Waals surface area contributed by atoms with Gasteiger partial charge in [-0.2, -0.15) is 0 Å². The van der Waals surface area contributed by atoms with Crippen LogP contribution in [0.15, 0.2) is 0 Å². The maximum absolute atomic E-state index is 3.62. The van der Waals surface area contributed by atoms with Gasteiger partial charge in [0, 0.05) is 19.6 Å². The van der Waals surface area contributed by atoms with Crippen LogP contribution in [0.4, 0.5) is 0 Å². The summed E-state index contributed by atoms with van der Waals surface area (Å²) in [4.78, 5) is 2.22. The number of nitrogens with one attached hydrogen (secondary N) is 1. The lowest BCUT2D eigenvalue weighted by molar-refractivity contribution is 0.00592. The predicted octanol–water partition coefficient (Wildman–Crippen LogP) is 1.04. The average molecular weight is 248 g/mol. The Morgan fingerprint density at radius 2 is 2.07 bits per heavy atom. The first-order chi connectivity index (χ1) is 7.09. The van der Waals surface area contributed by atoms with Crippen molar-refractivity contribution in [2.75, 3.05) is 27.7 Å². The first kappa shape index (κ1) is 12.0. The van der Waals surface area contributed by atoms with E-state index in [-0.39, 0.29) is 0 Å². The van der Waals surface area contributed by atoms with Crippen LogP contribution < -0.4 is 5.32 Å². The molecule has 0 bridgehead atoms. The van der Waals surface area contributed by atoms with Crippen LogP contribution in [0.25, 0.3) is 0 Å². The molecule has 2 rings (SSSR count). The van der Waals surface area contributed by atoms with Crippen LogP contribution in [0.3, 0.4) is 0 Å². The molecule has 0 saturated carbocycles. The second kappa shape index (κ2) is 4.81. The van der Waals surface area contributed by atoms with Crippen molar-refractivity contribution in [3.05, 3.63) is 0 Å². The van der Waals surface area contributed by atoms with Gasteiger partial charge in [-0.15, -0.1) is 0 Å². The summed E-state index contributed by atoms with van der Waals surface area (Å²) < 4.78 is 0. The molecule has 3 atom stereocenters. The molecule has 3 unspecified atom stereocenters. The van der Waals surface area contributed by atoms with Crippen molar-refractivity contribution in [2.24, 2.45) is 0 Å². The van der Waals surface area contributed by atoms with E-state index in [1.807, 2.05) is 21.6 Å². The van der Waals surface area contributed by atoms with E-state index in [9.17, 15) is 0 Å². The molecule has 0 spiro atoms. The van der Waals surface area contributed by atoms with Crippen LogP contribution in [-0.4, -0.2) is 59.6 Å². The summed E-state index contributed by atoms with van der Waals surface area (Å²) in [6.45, 7) is 3.46. The topological polar surface area (TPSA) is 21.8 Å². The summed E-state index contributed by atoms with van der Waals surface area (Å²) in [6.07, 6.45) is 1.27. The van der Waals surface area contributed by atoms with Gasteiger partial charge in [-0.1, -0.05) is 21.6 Å². The van der Waals surface area contributed by atoms with Crippen molar-refractivity contribution in [3.8, 4) is 0 Å². The van der Waals surface area contributed by atoms with Crippen LogP contribution in [0.1, 0.15) is 13.3 Å². The Bertz CT molecular complexity index is 226. The normalized spacial score (nSPS) is 39.4. The van der Waals surface area contributed by atoms with E-state index in [4.69, 9.17) is 0 Å². The minimum absolute atomic E-state index is 0.428. The Hall–Kier alpha value is 0.540. The van der Waals surface area contributed by atoms with Crippen LogP contribution in [-0.2, 0) is 0 Å². The third-order valence-electron chi connectivity index (χ3n) is 3.08. The monoisotopic (exact) mass is 248 g/mol. The lowest BCUT2D eigenvalue weighted by atomic mass is 10.3. The maximum Gasteiger partial charge on any atom is 0.133 e. The Morgan fingerprint density at radius 1 is 1.33 bits per heavy atom. The zero-order valence-electron chi connectivity index (χ0n) is 9.80. The summed E-state index contributed by atoms with van der Waals surface area (Å²) in [5.41, 5.74) is 0.863. The molecule has 2 aliphatic heterocycles. The molecular formula is C9H20N4S2. The van der Waals surface area contributed by atoms with Crippen LogP contribution in [0.2, 0.25) is 0 Å². The van der Waals surface area contributed by atoms with Crippen molar-refractivity contribution in [2.45, 2.75) is 30.4 Å². The van der Waals surface area contributed by atoms with Gasteiger partial charge in [-0.05, 0) is 27.4 Å². The van der Waals surface area contributed by atoms with Gasteiger partial charge in [0.15, 0.2) is 0 Å². The summed E-state index contributed by atoms with van der Waals surface area (Å²) in [5.74, 6) is 0. The van der Waals surface area contributed by atoms with Gasteiger partial charge < -0.3 is 0 Å². The molecule has 0 aliphatic carbocycles. The van der Waals surface area contributed by atoms with E-state index in [2.05, 4.69) is 48.3 Å². The van der Waals surface area contributed by atoms with Crippen molar-refractivity contribution >= 4 is 21.6 Å².